The van der Waals surface area contributed by atoms with Gasteiger partial charge in [0.05, 0.1) is 92.4 Å². The molecule has 4 rings (SSSR count). The van der Waals surface area contributed by atoms with Crippen LogP contribution in [0.2, 0.25) is 0 Å². The third-order valence-electron chi connectivity index (χ3n) is 11.1. The Morgan fingerprint density at radius 2 is 1.19 bits per heavy atom. The monoisotopic (exact) mass is 982 g/mol. The van der Waals surface area contributed by atoms with E-state index in [9.17, 15) is 35.6 Å². The molecule has 0 amide bonds. The fourth-order valence-electron chi connectivity index (χ4n) is 8.07. The largest absolute Gasteiger partial charge is 0.486 e. The number of nitrogens with one attached hydrogen (secondary N) is 1. The van der Waals surface area contributed by atoms with Crippen molar-refractivity contribution < 1.29 is 77.8 Å². The molecular weight excluding hydrogens is 915 g/mol. The van der Waals surface area contributed by atoms with Gasteiger partial charge in [0.25, 0.3) is 25.9 Å². The zero-order chi connectivity index (χ0) is 49.4. The smallest absolute Gasteiger partial charge is 0.345 e. The maximum absolute atomic E-state index is 14.9. The molecule has 0 aliphatic heterocycles. The zero-order valence-corrected chi connectivity index (χ0v) is 41.2. The number of nitrogens with two attached hydrogens (primary N) is 1. The quantitative estimate of drug-likeness (QED) is 0.00817. The van der Waals surface area contributed by atoms with E-state index in [0.717, 1.165) is 6.42 Å². The highest BCUT2D eigenvalue weighted by Gasteiger charge is 2.30. The molecule has 0 bridgehead atoms. The number of rotatable bonds is 31. The highest BCUT2D eigenvalue weighted by molar-refractivity contribution is 7.86. The Balaban J connectivity index is 1.75. The predicted molar refractivity (Wildman–Crippen MR) is 251 cm³/mol. The number of hydrogen-bond donors (Lipinski definition) is 4. The average molecular weight is 983 g/mol. The fraction of sp³-hybridized carbons (Fsp3) is 0.556. The molecule has 0 saturated heterocycles. The minimum Gasteiger partial charge on any atom is -0.486 e. The first-order chi connectivity index (χ1) is 31.7. The maximum atomic E-state index is 14.9. The first kappa shape index (κ1) is 55.0. The van der Waals surface area contributed by atoms with Gasteiger partial charge in [0.15, 0.2) is 11.4 Å². The van der Waals surface area contributed by atoms with Crippen LogP contribution in [0.4, 0.5) is 5.69 Å². The first-order valence-electron chi connectivity index (χ1n) is 22.0. The number of methoxy groups -OCH3 is 4. The standard InChI is InChI=1S/C45H66N5O15S2/c1-32-24-34(49(52)47-17-9-20-50(3,19-8-16-46)21-11-23-67(56,57)58)25-33(2)44(32)65-45(51)43-39-26-35(63-37(28-59-4)29-60-5)12-14-41(39)48(18-10-22-66(53,54)55)42-15-13-36(27-40(42)43)64-38(30-61-6)31-62-7/h12-15,24-27,37-38H,8-11,16-23,28-31,46H2,1-7H3,(H-2,47,52,53,54,55,56,57,58)/q+1/p+2. The molecule has 1 atom stereocenters. The third-order valence-corrected chi connectivity index (χ3v) is 12.7. The van der Waals surface area contributed by atoms with Crippen molar-refractivity contribution in [1.29, 1.82) is 0 Å². The molecule has 5 N–H and O–H groups in total. The maximum Gasteiger partial charge on any atom is 0.345 e. The van der Waals surface area contributed by atoms with E-state index in [2.05, 4.69) is 5.43 Å². The third kappa shape index (κ3) is 16.8. The number of nitrogens with zero attached hydrogens (tertiary/aromatic N) is 3. The second-order valence-corrected chi connectivity index (χ2v) is 19.9. The minimum absolute atomic E-state index is 0.0465. The molecule has 0 aliphatic rings. The molecule has 1 heterocycles. The molecule has 3 aromatic carbocycles. The molecule has 1 unspecified atom stereocenters. The zero-order valence-electron chi connectivity index (χ0n) is 39.5. The van der Waals surface area contributed by atoms with Crippen LogP contribution in [0, 0.1) is 18.8 Å². The van der Waals surface area contributed by atoms with E-state index >= 15 is 0 Å². The van der Waals surface area contributed by atoms with Crippen molar-refractivity contribution in [2.24, 2.45) is 5.73 Å². The molecule has 4 aromatic rings. The second kappa shape index (κ2) is 25.7. The molecule has 372 valence electrons. The number of pyridine rings is 1. The van der Waals surface area contributed by atoms with E-state index in [1.165, 1.54) is 28.4 Å². The van der Waals surface area contributed by atoms with Crippen molar-refractivity contribution in [3.8, 4) is 17.2 Å². The van der Waals surface area contributed by atoms with Gasteiger partial charge in [-0.15, -0.1) is 5.43 Å². The summed E-state index contributed by atoms with van der Waals surface area (Å²) < 4.78 is 108. The summed E-state index contributed by atoms with van der Waals surface area (Å²) in [6.45, 7) is 7.06. The number of aromatic nitrogens is 1. The SMILES string of the molecule is COCC(COC)Oc1ccc2c(c1)c(C(=O)Oc1c(C)cc([N+](=O)NCCC[N+](C)(CCCN)CCCS(=O)(=O)O)cc1C)c1cc(OC(COC)COC)ccc1[n+]2CCCS(=O)(=O)O. The average Bonchev–Trinajstić information content (AvgIpc) is 3.24. The molecular formula is C45H68N5O15S2+3. The summed E-state index contributed by atoms with van der Waals surface area (Å²) in [5.74, 6) is -0.578. The van der Waals surface area contributed by atoms with E-state index in [-0.39, 0.29) is 68.6 Å². The molecule has 1 aromatic heterocycles. The first-order valence-corrected chi connectivity index (χ1v) is 25.2. The number of quaternary nitrogens is 1. The number of hydrazine groups is 1. The Labute approximate surface area is 393 Å². The lowest BCUT2D eigenvalue weighted by Crippen LogP contribution is -2.48. The summed E-state index contributed by atoms with van der Waals surface area (Å²) in [7, 11) is -0.207. The van der Waals surface area contributed by atoms with Gasteiger partial charge in [-0.3, -0.25) is 9.11 Å². The normalized spacial score (nSPS) is 13.1. The van der Waals surface area contributed by atoms with E-state index in [1.807, 2.05) is 11.6 Å². The molecule has 67 heavy (non-hydrogen) atoms. The topological polar surface area (TPSA) is 252 Å². The van der Waals surface area contributed by atoms with Crippen molar-refractivity contribution in [2.45, 2.75) is 58.3 Å². The van der Waals surface area contributed by atoms with Crippen LogP contribution >= 0.6 is 0 Å². The van der Waals surface area contributed by atoms with Crippen molar-refractivity contribution in [3.05, 3.63) is 70.1 Å². The van der Waals surface area contributed by atoms with Gasteiger partial charge in [-0.2, -0.15) is 21.4 Å². The van der Waals surface area contributed by atoms with Crippen LogP contribution in [0.3, 0.4) is 0 Å². The minimum atomic E-state index is -4.29. The van der Waals surface area contributed by atoms with Crippen molar-refractivity contribution in [3.63, 3.8) is 0 Å². The number of nitroso groups, excluding NO2 is 1. The number of ether oxygens (including phenoxy) is 7. The molecule has 0 radical (unpaired) electrons. The Morgan fingerprint density at radius 3 is 1.66 bits per heavy atom. The van der Waals surface area contributed by atoms with Crippen LogP contribution < -0.4 is 29.9 Å². The Kier molecular flexibility index (Phi) is 21.1. The van der Waals surface area contributed by atoms with Crippen molar-refractivity contribution >= 4 is 53.7 Å². The predicted octanol–water partition coefficient (Wildman–Crippen LogP) is 3.85. The lowest BCUT2D eigenvalue weighted by atomic mass is 10.0. The Morgan fingerprint density at radius 1 is 0.731 bits per heavy atom. The Bertz CT molecular complexity index is 2410. The van der Waals surface area contributed by atoms with Gasteiger partial charge < -0.3 is 43.4 Å². The van der Waals surface area contributed by atoms with Crippen LogP contribution in [0.15, 0.2) is 48.5 Å². The van der Waals surface area contributed by atoms with Crippen LogP contribution in [0.25, 0.3) is 21.8 Å². The van der Waals surface area contributed by atoms with Gasteiger partial charge in [0, 0.05) is 78.4 Å². The number of carbonyl (C=O) groups excluding carboxylic acids is 1. The highest BCUT2D eigenvalue weighted by atomic mass is 32.2. The highest BCUT2D eigenvalue weighted by Crippen LogP contribution is 2.34. The lowest BCUT2D eigenvalue weighted by molar-refractivity contribution is -0.909. The van der Waals surface area contributed by atoms with Gasteiger partial charge in [-0.1, -0.05) is 0 Å². The van der Waals surface area contributed by atoms with Gasteiger partial charge in [-0.05, 0) is 55.8 Å². The summed E-state index contributed by atoms with van der Waals surface area (Å²) in [5.41, 5.74) is 11.1. The summed E-state index contributed by atoms with van der Waals surface area (Å²) in [6, 6.07) is 13.6. The number of fused-ring (bicyclic) bond motifs is 2. The molecule has 22 heteroatoms. The molecule has 0 fully saturated rings. The van der Waals surface area contributed by atoms with E-state index in [1.54, 1.807) is 62.4 Å². The van der Waals surface area contributed by atoms with Gasteiger partial charge in [0.1, 0.15) is 29.5 Å². The molecule has 0 aliphatic carbocycles. The van der Waals surface area contributed by atoms with E-state index < -0.39 is 44.2 Å². The van der Waals surface area contributed by atoms with Gasteiger partial charge in [-0.25, -0.2) is 4.79 Å². The fourth-order valence-corrected chi connectivity index (χ4v) is 9.06. The van der Waals surface area contributed by atoms with E-state index in [0.29, 0.717) is 92.9 Å². The van der Waals surface area contributed by atoms with Crippen LogP contribution in [-0.2, 0) is 45.7 Å². The number of esters is 1. The van der Waals surface area contributed by atoms with Crippen molar-refractivity contribution in [2.75, 3.05) is 106 Å². The van der Waals surface area contributed by atoms with Crippen LogP contribution in [0.1, 0.15) is 47.2 Å². The number of aryl methyl sites for hydroxylation is 3. The van der Waals surface area contributed by atoms with E-state index in [4.69, 9.17) is 38.9 Å². The summed E-state index contributed by atoms with van der Waals surface area (Å²) in [6.07, 6.45) is 0.630. The van der Waals surface area contributed by atoms with Crippen molar-refractivity contribution in [1.82, 2.24) is 5.43 Å². The van der Waals surface area contributed by atoms with Gasteiger partial charge >= 0.3 is 5.97 Å². The number of carbonyl (C=O) groups is 1. The molecule has 0 spiro atoms. The lowest BCUT2D eigenvalue weighted by Gasteiger charge is -2.34. The summed E-state index contributed by atoms with van der Waals surface area (Å²) in [5, 5.41) is 0.798. The van der Waals surface area contributed by atoms with Crippen LogP contribution in [0.5, 0.6) is 17.2 Å². The second-order valence-electron chi connectivity index (χ2n) is 16.8. The molecule has 20 nitrogen and oxygen atoms in total. The van der Waals surface area contributed by atoms with Gasteiger partial charge in [0.2, 0.25) is 11.0 Å². The summed E-state index contributed by atoms with van der Waals surface area (Å²) >= 11 is 0. The number of hydrogen-bond acceptors (Lipinski definition) is 14. The molecule has 0 saturated carbocycles. The number of benzene rings is 3. The van der Waals surface area contributed by atoms with Crippen LogP contribution in [-0.4, -0.2) is 160 Å². The Hall–Kier alpha value is -4.62. The summed E-state index contributed by atoms with van der Waals surface area (Å²) in [4.78, 5) is 28.9.